The fraction of sp³-hybridized carbons (Fsp3) is 0.368. The van der Waals surface area contributed by atoms with Crippen LogP contribution >= 0.6 is 11.6 Å². The van der Waals surface area contributed by atoms with Crippen LogP contribution in [0.1, 0.15) is 18.9 Å². The Bertz CT molecular complexity index is 957. The van der Waals surface area contributed by atoms with Crippen molar-refractivity contribution in [3.05, 3.63) is 41.3 Å². The van der Waals surface area contributed by atoms with Crippen molar-refractivity contribution in [2.45, 2.75) is 19.9 Å². The van der Waals surface area contributed by atoms with Crippen LogP contribution in [0.15, 0.2) is 30.7 Å². The zero-order chi connectivity index (χ0) is 18.8. The minimum atomic E-state index is 0.723. The van der Waals surface area contributed by atoms with Gasteiger partial charge in [0.1, 0.15) is 17.8 Å². The number of nitrogens with zero attached hydrogens (tertiary/aromatic N) is 4. The van der Waals surface area contributed by atoms with Crippen molar-refractivity contribution in [3.8, 4) is 0 Å². The van der Waals surface area contributed by atoms with Gasteiger partial charge in [-0.2, -0.15) is 0 Å². The van der Waals surface area contributed by atoms with Crippen molar-refractivity contribution in [1.29, 1.82) is 0 Å². The van der Waals surface area contributed by atoms with E-state index in [0.29, 0.717) is 0 Å². The van der Waals surface area contributed by atoms with E-state index in [1.165, 1.54) is 5.56 Å². The van der Waals surface area contributed by atoms with Crippen molar-refractivity contribution in [3.63, 3.8) is 0 Å². The van der Waals surface area contributed by atoms with E-state index < -0.39 is 0 Å². The number of nitrogens with one attached hydrogen (secondary N) is 2. The number of hydrogen-bond acceptors (Lipinski definition) is 6. The van der Waals surface area contributed by atoms with Crippen LogP contribution in [0.3, 0.4) is 0 Å². The fourth-order valence-electron chi connectivity index (χ4n) is 3.34. The molecule has 1 aliphatic rings. The summed E-state index contributed by atoms with van der Waals surface area (Å²) in [6, 6.07) is 5.92. The van der Waals surface area contributed by atoms with Gasteiger partial charge in [0.15, 0.2) is 0 Å². The van der Waals surface area contributed by atoms with Gasteiger partial charge in [-0.05, 0) is 31.0 Å². The maximum Gasteiger partial charge on any atom is 0.147 e. The van der Waals surface area contributed by atoms with Gasteiger partial charge < -0.3 is 14.6 Å². The molecule has 4 rings (SSSR count). The summed E-state index contributed by atoms with van der Waals surface area (Å²) in [6.45, 7) is 5.04. The average molecular weight is 387 g/mol. The molecule has 2 aromatic heterocycles. The van der Waals surface area contributed by atoms with Crippen LogP contribution in [-0.4, -0.2) is 34.3 Å². The highest BCUT2D eigenvalue weighted by Crippen LogP contribution is 2.37. The van der Waals surface area contributed by atoms with E-state index in [-0.39, 0.29) is 0 Å². The molecule has 3 aromatic rings. The predicted molar refractivity (Wildman–Crippen MR) is 109 cm³/mol. The Morgan fingerprint density at radius 1 is 1.33 bits per heavy atom. The summed E-state index contributed by atoms with van der Waals surface area (Å²) in [5.41, 5.74) is 7.61. The van der Waals surface area contributed by atoms with Crippen LogP contribution in [-0.2, 0) is 18.3 Å². The molecule has 0 saturated carbocycles. The molecule has 0 atom stereocenters. The number of rotatable bonds is 7. The van der Waals surface area contributed by atoms with Crippen LogP contribution in [0.2, 0.25) is 5.02 Å². The number of halogens is 1. The number of fused-ring (bicyclic) bond motifs is 2. The second-order valence-electron chi connectivity index (χ2n) is 6.52. The van der Waals surface area contributed by atoms with Crippen LogP contribution in [0.25, 0.3) is 11.0 Å². The summed E-state index contributed by atoms with van der Waals surface area (Å²) in [5, 5.41) is 7.27. The Labute approximate surface area is 163 Å². The van der Waals surface area contributed by atoms with Crippen molar-refractivity contribution in [1.82, 2.24) is 14.5 Å². The number of benzene rings is 1. The first kappa shape index (κ1) is 17.9. The lowest BCUT2D eigenvalue weighted by Gasteiger charge is -2.18. The first-order valence-electron chi connectivity index (χ1n) is 9.11. The Balaban J connectivity index is 1.62. The molecule has 2 N–H and O–H groups in total. The van der Waals surface area contributed by atoms with Crippen LogP contribution in [0.4, 0.5) is 17.2 Å². The number of ether oxygens (including phenoxy) is 1. The number of aryl methyl sites for hydroxylation is 1. The molecule has 8 heteroatoms. The molecule has 7 nitrogen and oxygen atoms in total. The Hall–Kier alpha value is -2.51. The van der Waals surface area contributed by atoms with Crippen molar-refractivity contribution in [2.75, 3.05) is 35.5 Å². The summed E-state index contributed by atoms with van der Waals surface area (Å²) in [7, 11) is 2.00. The highest BCUT2D eigenvalue weighted by Gasteiger charge is 2.24. The van der Waals surface area contributed by atoms with E-state index >= 15 is 0 Å². The van der Waals surface area contributed by atoms with Gasteiger partial charge >= 0.3 is 0 Å². The smallest absolute Gasteiger partial charge is 0.147 e. The zero-order valence-corrected chi connectivity index (χ0v) is 16.3. The molecule has 27 heavy (non-hydrogen) atoms. The predicted octanol–water partition coefficient (Wildman–Crippen LogP) is 3.81. The molecular weight excluding hydrogens is 364 g/mol. The Morgan fingerprint density at radius 3 is 3.07 bits per heavy atom. The van der Waals surface area contributed by atoms with Crippen molar-refractivity contribution < 1.29 is 4.74 Å². The number of aromatic nitrogens is 3. The second-order valence-corrected chi connectivity index (χ2v) is 6.96. The molecule has 3 heterocycles. The van der Waals surface area contributed by atoms with Gasteiger partial charge in [0, 0.05) is 38.0 Å². The van der Waals surface area contributed by atoms with Crippen LogP contribution in [0.5, 0.6) is 0 Å². The van der Waals surface area contributed by atoms with Gasteiger partial charge in [0.05, 0.1) is 23.3 Å². The molecule has 0 spiro atoms. The van der Waals surface area contributed by atoms with E-state index in [9.17, 15) is 0 Å². The quantitative estimate of drug-likeness (QED) is 0.602. The molecule has 0 radical (unpaired) electrons. The SMILES string of the molecule is CCOCCCNc1ncnc2c1c(N1Cc3ccc(Cl)cc3N1)cn2C. The number of anilines is 3. The number of hydrogen-bond donors (Lipinski definition) is 2. The van der Waals surface area contributed by atoms with Gasteiger partial charge in [-0.15, -0.1) is 0 Å². The minimum Gasteiger partial charge on any atom is -0.382 e. The van der Waals surface area contributed by atoms with Gasteiger partial charge in [0.25, 0.3) is 0 Å². The maximum atomic E-state index is 6.13. The molecule has 0 bridgehead atoms. The minimum absolute atomic E-state index is 0.723. The third-order valence-corrected chi connectivity index (χ3v) is 4.88. The lowest BCUT2D eigenvalue weighted by molar-refractivity contribution is 0.147. The maximum absolute atomic E-state index is 6.13. The number of hydrazine groups is 1. The summed E-state index contributed by atoms with van der Waals surface area (Å²) in [6.07, 6.45) is 4.60. The monoisotopic (exact) mass is 386 g/mol. The largest absolute Gasteiger partial charge is 0.382 e. The van der Waals surface area contributed by atoms with E-state index in [0.717, 1.165) is 66.0 Å². The summed E-state index contributed by atoms with van der Waals surface area (Å²) in [4.78, 5) is 8.95. The molecule has 0 fully saturated rings. The van der Waals surface area contributed by atoms with Gasteiger partial charge in [0.2, 0.25) is 0 Å². The molecule has 0 amide bonds. The lowest BCUT2D eigenvalue weighted by Crippen LogP contribution is -2.22. The van der Waals surface area contributed by atoms with Crippen molar-refractivity contribution >= 4 is 39.8 Å². The molecule has 1 aliphatic heterocycles. The molecule has 1 aromatic carbocycles. The third kappa shape index (κ3) is 3.52. The van der Waals surface area contributed by atoms with Gasteiger partial charge in [-0.1, -0.05) is 17.7 Å². The summed E-state index contributed by atoms with van der Waals surface area (Å²) >= 11 is 6.13. The normalized spacial score (nSPS) is 13.1. The molecule has 0 saturated heterocycles. The van der Waals surface area contributed by atoms with Gasteiger partial charge in [-0.25, -0.2) is 9.97 Å². The fourth-order valence-corrected chi connectivity index (χ4v) is 3.52. The van der Waals surface area contributed by atoms with E-state index in [2.05, 4.69) is 38.0 Å². The van der Waals surface area contributed by atoms with Crippen LogP contribution < -0.4 is 15.8 Å². The van der Waals surface area contributed by atoms with Crippen molar-refractivity contribution in [2.24, 2.45) is 7.05 Å². The molecular formula is C19H23ClN6O. The Kier molecular flexibility index (Phi) is 5.05. The third-order valence-electron chi connectivity index (χ3n) is 4.64. The first-order chi connectivity index (χ1) is 13.2. The zero-order valence-electron chi connectivity index (χ0n) is 15.5. The second kappa shape index (κ2) is 7.62. The lowest BCUT2D eigenvalue weighted by atomic mass is 10.2. The molecule has 142 valence electrons. The summed E-state index contributed by atoms with van der Waals surface area (Å²) in [5.74, 6) is 0.836. The van der Waals surface area contributed by atoms with E-state index in [1.807, 2.05) is 30.7 Å². The highest BCUT2D eigenvalue weighted by molar-refractivity contribution is 6.30. The topological polar surface area (TPSA) is 67.2 Å². The van der Waals surface area contributed by atoms with Gasteiger partial charge in [-0.3, -0.25) is 10.4 Å². The van der Waals surface area contributed by atoms with E-state index in [4.69, 9.17) is 16.3 Å². The molecule has 0 unspecified atom stereocenters. The highest BCUT2D eigenvalue weighted by atomic mass is 35.5. The Morgan fingerprint density at radius 2 is 2.22 bits per heavy atom. The van der Waals surface area contributed by atoms with E-state index in [1.54, 1.807) is 6.33 Å². The summed E-state index contributed by atoms with van der Waals surface area (Å²) < 4.78 is 7.43. The van der Waals surface area contributed by atoms with Crippen LogP contribution in [0, 0.1) is 0 Å². The molecule has 0 aliphatic carbocycles. The standard InChI is InChI=1S/C19H23ClN6O/c1-3-27-8-4-7-21-18-17-16(11-25(2)19(17)23-12-22-18)26-10-13-5-6-14(20)9-15(13)24-26/h5-6,9,11-12,24H,3-4,7-8,10H2,1-2H3,(H,21,22,23). The first-order valence-corrected chi connectivity index (χ1v) is 9.49. The average Bonchev–Trinajstić information content (AvgIpc) is 3.23.